The van der Waals surface area contributed by atoms with Crippen molar-refractivity contribution < 1.29 is 0 Å². The maximum atomic E-state index is 2.34. The first-order chi connectivity index (χ1) is 11.9. The van der Waals surface area contributed by atoms with Gasteiger partial charge in [0.05, 0.1) is 9.40 Å². The van der Waals surface area contributed by atoms with Crippen molar-refractivity contribution in [2.24, 2.45) is 5.92 Å². The summed E-state index contributed by atoms with van der Waals surface area (Å²) in [4.78, 5) is 0. The summed E-state index contributed by atoms with van der Waals surface area (Å²) in [5, 5.41) is 4.33. The summed E-state index contributed by atoms with van der Waals surface area (Å²) in [6.07, 6.45) is 10.2. The third kappa shape index (κ3) is 2.39. The van der Waals surface area contributed by atoms with Gasteiger partial charge >= 0.3 is 0 Å². The number of benzene rings is 1. The zero-order valence-corrected chi connectivity index (χ0v) is 15.5. The van der Waals surface area contributed by atoms with E-state index in [0.717, 1.165) is 5.92 Å². The Morgan fingerprint density at radius 2 is 1.50 bits per heavy atom. The highest BCUT2D eigenvalue weighted by atomic mass is 32.1. The average Bonchev–Trinajstić information content (AvgIpc) is 3.35. The molecule has 0 amide bonds. The van der Waals surface area contributed by atoms with Crippen LogP contribution in [0.1, 0.15) is 17.0 Å². The first-order valence-corrected chi connectivity index (χ1v) is 10.7. The molecule has 3 heteroatoms. The maximum absolute atomic E-state index is 2.34. The molecule has 0 aliphatic heterocycles. The van der Waals surface area contributed by atoms with Gasteiger partial charge < -0.3 is 0 Å². The van der Waals surface area contributed by atoms with Gasteiger partial charge in [-0.15, -0.1) is 34.0 Å². The Balaban J connectivity index is 0.000000110. The molecular weight excluding hydrogens is 348 g/mol. The molecule has 2 aliphatic rings. The van der Waals surface area contributed by atoms with E-state index in [1.54, 1.807) is 0 Å². The molecule has 0 saturated heterocycles. The Morgan fingerprint density at radius 1 is 0.792 bits per heavy atom. The van der Waals surface area contributed by atoms with Gasteiger partial charge in [0.1, 0.15) is 0 Å². The molecule has 0 nitrogen and oxygen atoms in total. The van der Waals surface area contributed by atoms with Gasteiger partial charge in [0, 0.05) is 15.3 Å². The van der Waals surface area contributed by atoms with E-state index in [-0.39, 0.29) is 0 Å². The summed E-state index contributed by atoms with van der Waals surface area (Å²) in [5.41, 5.74) is 3.07. The predicted molar refractivity (Wildman–Crippen MR) is 110 cm³/mol. The van der Waals surface area contributed by atoms with Crippen molar-refractivity contribution in [1.82, 2.24) is 0 Å². The van der Waals surface area contributed by atoms with Crippen molar-refractivity contribution >= 4 is 52.8 Å². The summed E-state index contributed by atoms with van der Waals surface area (Å²) < 4.78 is 5.83. The lowest BCUT2D eigenvalue weighted by molar-refractivity contribution is 0.630. The summed E-state index contributed by atoms with van der Waals surface area (Å²) in [7, 11) is 0. The van der Waals surface area contributed by atoms with Crippen molar-refractivity contribution in [3.05, 3.63) is 82.6 Å². The van der Waals surface area contributed by atoms with E-state index in [1.165, 1.54) is 36.3 Å². The van der Waals surface area contributed by atoms with Crippen LogP contribution in [0, 0.1) is 5.92 Å². The Labute approximate surface area is 153 Å². The molecule has 1 aromatic carbocycles. The van der Waals surface area contributed by atoms with Crippen LogP contribution in [0.5, 0.6) is 0 Å². The van der Waals surface area contributed by atoms with Gasteiger partial charge in [-0.3, -0.25) is 0 Å². The molecule has 4 aromatic rings. The second-order valence-electron chi connectivity index (χ2n) is 6.19. The molecule has 0 bridgehead atoms. The van der Waals surface area contributed by atoms with Crippen molar-refractivity contribution in [2.45, 2.75) is 12.3 Å². The molecule has 24 heavy (non-hydrogen) atoms. The fourth-order valence-electron chi connectivity index (χ4n) is 3.69. The van der Waals surface area contributed by atoms with E-state index < -0.39 is 0 Å². The monoisotopic (exact) mass is 364 g/mol. The van der Waals surface area contributed by atoms with Crippen LogP contribution in [0.25, 0.3) is 18.8 Å². The quantitative estimate of drug-likeness (QED) is 0.308. The van der Waals surface area contributed by atoms with Gasteiger partial charge in [-0.25, -0.2) is 0 Å². The van der Waals surface area contributed by atoms with Crippen LogP contribution in [0.4, 0.5) is 0 Å². The zero-order chi connectivity index (χ0) is 15.9. The number of rotatable bonds is 0. The molecule has 0 fully saturated rings. The first kappa shape index (κ1) is 14.6. The van der Waals surface area contributed by atoms with Crippen LogP contribution in [0.2, 0.25) is 0 Å². The number of fused-ring (bicyclic) bond motifs is 6. The minimum atomic E-state index is 0.654. The van der Waals surface area contributed by atoms with E-state index in [1.807, 2.05) is 34.0 Å². The first-order valence-electron chi connectivity index (χ1n) is 8.16. The smallest absolute Gasteiger partial charge is 0.0629 e. The van der Waals surface area contributed by atoms with Crippen LogP contribution in [0.3, 0.4) is 0 Å². The second kappa shape index (κ2) is 5.99. The van der Waals surface area contributed by atoms with Crippen molar-refractivity contribution in [3.8, 4) is 0 Å². The minimum absolute atomic E-state index is 0.654. The third-order valence-electron chi connectivity index (χ3n) is 4.80. The van der Waals surface area contributed by atoms with Crippen molar-refractivity contribution in [3.63, 3.8) is 0 Å². The lowest BCUT2D eigenvalue weighted by Gasteiger charge is -2.15. The highest BCUT2D eigenvalue weighted by molar-refractivity contribution is 7.37. The van der Waals surface area contributed by atoms with E-state index >= 15 is 0 Å². The Bertz CT molecular complexity index is 1010. The zero-order valence-electron chi connectivity index (χ0n) is 13.0. The fourth-order valence-corrected chi connectivity index (χ4v) is 7.20. The van der Waals surface area contributed by atoms with Crippen LogP contribution in [-0.4, -0.2) is 0 Å². The molecule has 6 rings (SSSR count). The molecule has 2 atom stereocenters. The predicted octanol–water partition coefficient (Wildman–Crippen LogP) is 7.25. The molecule has 3 heterocycles. The maximum Gasteiger partial charge on any atom is 0.0629 e. The highest BCUT2D eigenvalue weighted by Crippen LogP contribution is 2.41. The van der Waals surface area contributed by atoms with Crippen LogP contribution >= 0.6 is 34.0 Å². The van der Waals surface area contributed by atoms with Gasteiger partial charge in [-0.05, 0) is 46.4 Å². The number of hydrogen-bond donors (Lipinski definition) is 0. The van der Waals surface area contributed by atoms with Gasteiger partial charge in [0.2, 0.25) is 0 Å². The summed E-state index contributed by atoms with van der Waals surface area (Å²) in [6, 6.07) is 13.2. The van der Waals surface area contributed by atoms with Gasteiger partial charge in [0.15, 0.2) is 0 Å². The lowest BCUT2D eigenvalue weighted by atomic mass is 9.89. The van der Waals surface area contributed by atoms with Crippen LogP contribution in [-0.2, 0) is 6.42 Å². The topological polar surface area (TPSA) is 0 Å². The molecule has 2 unspecified atom stereocenters. The van der Waals surface area contributed by atoms with Crippen molar-refractivity contribution in [1.29, 1.82) is 0 Å². The Kier molecular flexibility index (Phi) is 3.66. The molecule has 3 aromatic heterocycles. The molecular formula is C21H16S3. The second-order valence-corrected chi connectivity index (χ2v) is 9.11. The number of hydrogen-bond acceptors (Lipinski definition) is 3. The summed E-state index contributed by atoms with van der Waals surface area (Å²) >= 11 is 5.59. The molecule has 0 spiro atoms. The lowest BCUT2D eigenvalue weighted by Crippen LogP contribution is -2.03. The van der Waals surface area contributed by atoms with Gasteiger partial charge in [-0.1, -0.05) is 48.6 Å². The van der Waals surface area contributed by atoms with E-state index in [9.17, 15) is 0 Å². The van der Waals surface area contributed by atoms with Crippen LogP contribution < -0.4 is 0 Å². The van der Waals surface area contributed by atoms with E-state index in [4.69, 9.17) is 0 Å². The molecule has 118 valence electrons. The highest BCUT2D eigenvalue weighted by Gasteiger charge is 2.29. The summed E-state index contributed by atoms with van der Waals surface area (Å²) in [5.74, 6) is 1.38. The summed E-state index contributed by atoms with van der Waals surface area (Å²) in [6.45, 7) is 0. The minimum Gasteiger partial charge on any atom is -0.141 e. The molecule has 0 N–H and O–H groups in total. The van der Waals surface area contributed by atoms with Gasteiger partial charge in [0.25, 0.3) is 0 Å². The number of thiophene rings is 3. The molecule has 0 radical (unpaired) electrons. The van der Waals surface area contributed by atoms with Gasteiger partial charge in [-0.2, -0.15) is 0 Å². The van der Waals surface area contributed by atoms with Crippen molar-refractivity contribution in [2.75, 3.05) is 0 Å². The van der Waals surface area contributed by atoms with E-state index in [2.05, 4.69) is 71.5 Å². The standard InChI is InChI=1S/C13H12.C8H4S3/c1-3-7-12-10(5-1)9-11-6-2-4-8-13(11)12;1-3-9-7-5(1)11-6-2-4-10-8(6)7/h1-8,10,12H,9H2;1-4H. The third-order valence-corrected chi connectivity index (χ3v) is 8.17. The Morgan fingerprint density at radius 3 is 2.29 bits per heavy atom. The average molecular weight is 365 g/mol. The normalized spacial score (nSPS) is 20.8. The molecule has 0 saturated carbocycles. The Hall–Kier alpha value is -1.68. The van der Waals surface area contributed by atoms with Crippen LogP contribution in [0.15, 0.2) is 71.5 Å². The SMILES string of the molecule is C1=CC2Cc3ccccc3C2C=C1.c1cc2sc3ccsc3c2s1. The number of allylic oxidation sites excluding steroid dienone is 4. The largest absolute Gasteiger partial charge is 0.141 e. The fraction of sp³-hybridized carbons (Fsp3) is 0.143. The molecule has 2 aliphatic carbocycles. The van der Waals surface area contributed by atoms with E-state index in [0.29, 0.717) is 5.92 Å².